The van der Waals surface area contributed by atoms with E-state index in [1.165, 1.54) is 72.3 Å². The summed E-state index contributed by atoms with van der Waals surface area (Å²) in [5.74, 6) is 1.73. The van der Waals surface area contributed by atoms with Crippen LogP contribution in [0.1, 0.15) is 47.2 Å². The summed E-state index contributed by atoms with van der Waals surface area (Å²) in [7, 11) is 0. The van der Waals surface area contributed by atoms with Crippen LogP contribution in [-0.4, -0.2) is 0 Å². The summed E-state index contributed by atoms with van der Waals surface area (Å²) in [6.07, 6.45) is 9.00. The summed E-state index contributed by atoms with van der Waals surface area (Å²) in [4.78, 5) is 4.75. The second-order valence-corrected chi connectivity index (χ2v) is 15.4. The van der Waals surface area contributed by atoms with Gasteiger partial charge in [-0.05, 0) is 104 Å². The van der Waals surface area contributed by atoms with Crippen molar-refractivity contribution in [1.82, 2.24) is 0 Å². The summed E-state index contributed by atoms with van der Waals surface area (Å²) >= 11 is 0. The van der Waals surface area contributed by atoms with Crippen LogP contribution in [0, 0.1) is 0 Å². The summed E-state index contributed by atoms with van der Waals surface area (Å²) in [5, 5.41) is 2.44. The van der Waals surface area contributed by atoms with Gasteiger partial charge in [0, 0.05) is 16.5 Å². The minimum absolute atomic E-state index is 0.182. The highest BCUT2D eigenvalue weighted by atomic mass is 16.5. The first-order valence-corrected chi connectivity index (χ1v) is 19.3. The van der Waals surface area contributed by atoms with Gasteiger partial charge in [-0.2, -0.15) is 0 Å². The number of ether oxygens (including phenoxy) is 1. The number of hydrogen-bond acceptors (Lipinski definition) is 3. The van der Waals surface area contributed by atoms with Crippen molar-refractivity contribution in [1.29, 1.82) is 0 Å². The topological polar surface area (TPSA) is 15.7 Å². The molecule has 0 fully saturated rings. The number of benzene rings is 8. The lowest BCUT2D eigenvalue weighted by molar-refractivity contribution is 0.477. The monoisotopic (exact) mass is 718 g/mol. The van der Waals surface area contributed by atoms with Crippen LogP contribution >= 0.6 is 0 Å². The van der Waals surface area contributed by atoms with Gasteiger partial charge < -0.3 is 14.5 Å². The van der Waals surface area contributed by atoms with Gasteiger partial charge in [0.15, 0.2) is 11.5 Å². The van der Waals surface area contributed by atoms with Crippen molar-refractivity contribution >= 4 is 69.2 Å². The molecule has 266 valence electrons. The van der Waals surface area contributed by atoms with Crippen LogP contribution in [0.25, 0.3) is 46.2 Å². The SMILES string of the molecule is CC1(C)c2cc(C=Cc3ccc(N4c5ccccc5C=Cc5ccccc54)c4ccccc34)ccc2-c2ccc(N3c4ccccc4Oc4ccccc43)cc21. The Balaban J connectivity index is 0.952. The first-order chi connectivity index (χ1) is 27.5. The number of para-hydroxylation sites is 6. The van der Waals surface area contributed by atoms with Crippen molar-refractivity contribution in [2.24, 2.45) is 0 Å². The molecule has 0 atom stereocenters. The molecule has 0 N–H and O–H groups in total. The van der Waals surface area contributed by atoms with Crippen LogP contribution in [0.3, 0.4) is 0 Å². The van der Waals surface area contributed by atoms with Crippen molar-refractivity contribution < 1.29 is 4.74 Å². The molecule has 0 spiro atoms. The Morgan fingerprint density at radius 3 is 1.68 bits per heavy atom. The van der Waals surface area contributed by atoms with Crippen LogP contribution in [0.5, 0.6) is 11.5 Å². The lowest BCUT2D eigenvalue weighted by atomic mass is 9.81. The third kappa shape index (κ3) is 4.98. The number of nitrogens with zero attached hydrogens (tertiary/aromatic N) is 2. The van der Waals surface area contributed by atoms with E-state index >= 15 is 0 Å². The predicted molar refractivity (Wildman–Crippen MR) is 235 cm³/mol. The number of fused-ring (bicyclic) bond motifs is 8. The second-order valence-electron chi connectivity index (χ2n) is 15.4. The number of rotatable bonds is 4. The lowest BCUT2D eigenvalue weighted by Gasteiger charge is -2.33. The van der Waals surface area contributed by atoms with Crippen LogP contribution in [0.4, 0.5) is 34.1 Å². The largest absolute Gasteiger partial charge is 0.453 e. The second kappa shape index (κ2) is 12.5. The van der Waals surface area contributed by atoms with Crippen LogP contribution in [0.2, 0.25) is 0 Å². The zero-order valence-corrected chi connectivity index (χ0v) is 31.3. The summed E-state index contributed by atoms with van der Waals surface area (Å²) in [6, 6.07) is 61.2. The molecule has 8 aromatic rings. The Morgan fingerprint density at radius 2 is 1.00 bits per heavy atom. The average molecular weight is 719 g/mol. The Hall–Kier alpha value is -7.10. The molecule has 2 aliphatic heterocycles. The van der Waals surface area contributed by atoms with Crippen molar-refractivity contribution in [3.8, 4) is 22.6 Å². The first kappa shape index (κ1) is 32.3. The van der Waals surface area contributed by atoms with Gasteiger partial charge in [-0.25, -0.2) is 0 Å². The highest BCUT2D eigenvalue weighted by molar-refractivity contribution is 6.06. The molecule has 8 aromatic carbocycles. The van der Waals surface area contributed by atoms with Crippen LogP contribution in [-0.2, 0) is 5.41 Å². The van der Waals surface area contributed by atoms with Crippen molar-refractivity contribution in [2.45, 2.75) is 19.3 Å². The number of hydrogen-bond donors (Lipinski definition) is 0. The Labute approximate surface area is 327 Å². The summed E-state index contributed by atoms with van der Waals surface area (Å²) in [5.41, 5.74) is 16.6. The molecule has 3 heteroatoms. The molecule has 56 heavy (non-hydrogen) atoms. The van der Waals surface area contributed by atoms with Crippen LogP contribution in [0.15, 0.2) is 170 Å². The van der Waals surface area contributed by atoms with E-state index in [-0.39, 0.29) is 5.41 Å². The molecule has 0 unspecified atom stereocenters. The Kier molecular flexibility index (Phi) is 7.20. The predicted octanol–water partition coefficient (Wildman–Crippen LogP) is 14.8. The molecular weight excluding hydrogens is 681 g/mol. The van der Waals surface area contributed by atoms with Crippen molar-refractivity contribution in [3.05, 3.63) is 203 Å². The molecule has 0 amide bonds. The van der Waals surface area contributed by atoms with E-state index in [0.29, 0.717) is 0 Å². The van der Waals surface area contributed by atoms with Gasteiger partial charge in [-0.3, -0.25) is 0 Å². The summed E-state index contributed by atoms with van der Waals surface area (Å²) in [6.45, 7) is 4.72. The number of anilines is 6. The maximum Gasteiger partial charge on any atom is 0.151 e. The smallest absolute Gasteiger partial charge is 0.151 e. The molecule has 0 aromatic heterocycles. The molecule has 11 rings (SSSR count). The molecule has 2 heterocycles. The van der Waals surface area contributed by atoms with Gasteiger partial charge >= 0.3 is 0 Å². The third-order valence-corrected chi connectivity index (χ3v) is 11.8. The fourth-order valence-electron chi connectivity index (χ4n) is 9.03. The van der Waals surface area contributed by atoms with E-state index in [2.05, 4.69) is 194 Å². The van der Waals surface area contributed by atoms with Gasteiger partial charge in [-0.1, -0.05) is 153 Å². The minimum atomic E-state index is -0.182. The molecule has 0 bridgehead atoms. The Bertz CT molecular complexity index is 2860. The molecule has 0 saturated heterocycles. The fourth-order valence-corrected chi connectivity index (χ4v) is 9.03. The molecular formula is C53H38N2O. The highest BCUT2D eigenvalue weighted by Gasteiger charge is 2.37. The van der Waals surface area contributed by atoms with Gasteiger partial charge in [0.25, 0.3) is 0 Å². The van der Waals surface area contributed by atoms with Crippen LogP contribution < -0.4 is 14.5 Å². The highest BCUT2D eigenvalue weighted by Crippen LogP contribution is 2.54. The van der Waals surface area contributed by atoms with E-state index in [9.17, 15) is 0 Å². The molecule has 1 aliphatic carbocycles. The maximum absolute atomic E-state index is 6.32. The zero-order chi connectivity index (χ0) is 37.4. The van der Waals surface area contributed by atoms with E-state index in [1.54, 1.807) is 0 Å². The normalized spacial score (nSPS) is 14.3. The van der Waals surface area contributed by atoms with Gasteiger partial charge in [-0.15, -0.1) is 0 Å². The maximum atomic E-state index is 6.32. The molecule has 3 aliphatic rings. The van der Waals surface area contributed by atoms with Crippen molar-refractivity contribution in [3.63, 3.8) is 0 Å². The van der Waals surface area contributed by atoms with E-state index in [1.807, 2.05) is 24.3 Å². The fraction of sp³-hybridized carbons (Fsp3) is 0.0566. The van der Waals surface area contributed by atoms with Crippen molar-refractivity contribution in [2.75, 3.05) is 9.80 Å². The lowest BCUT2D eigenvalue weighted by Crippen LogP contribution is -2.18. The minimum Gasteiger partial charge on any atom is -0.453 e. The third-order valence-electron chi connectivity index (χ3n) is 11.8. The quantitative estimate of drug-likeness (QED) is 0.169. The van der Waals surface area contributed by atoms with E-state index in [4.69, 9.17) is 4.74 Å². The van der Waals surface area contributed by atoms with E-state index < -0.39 is 0 Å². The zero-order valence-electron chi connectivity index (χ0n) is 31.3. The molecule has 0 radical (unpaired) electrons. The van der Waals surface area contributed by atoms with Gasteiger partial charge in [0.05, 0.1) is 28.4 Å². The van der Waals surface area contributed by atoms with Gasteiger partial charge in [0.2, 0.25) is 0 Å². The Morgan fingerprint density at radius 1 is 0.446 bits per heavy atom. The molecule has 3 nitrogen and oxygen atoms in total. The first-order valence-electron chi connectivity index (χ1n) is 19.3. The van der Waals surface area contributed by atoms with E-state index in [0.717, 1.165) is 28.6 Å². The average Bonchev–Trinajstić information content (AvgIpc) is 3.34. The summed E-state index contributed by atoms with van der Waals surface area (Å²) < 4.78 is 6.32. The standard InChI is InChI=1S/C53H38N2O/c1-53(2)44-33-35(24-30-41(44)42-31-29-39(34-45(42)53)54-49-19-9-11-21-51(49)56-52-22-12-10-20-50(52)54)23-25-36-28-32-48(43-16-6-5-15-40(36)43)55-46-17-7-3-13-37(46)26-27-38-14-4-8-18-47(38)55/h3-34H,1-2H3. The van der Waals surface area contributed by atoms with Gasteiger partial charge in [0.1, 0.15) is 0 Å². The molecule has 0 saturated carbocycles.